The molecule has 0 aliphatic carbocycles. The summed E-state index contributed by atoms with van der Waals surface area (Å²) in [5, 5.41) is 32.3. The van der Waals surface area contributed by atoms with Gasteiger partial charge in [-0.3, -0.25) is 0 Å². The van der Waals surface area contributed by atoms with E-state index in [2.05, 4.69) is 446 Å². The molecular formula is C106H78N4. The lowest BCUT2D eigenvalue weighted by Gasteiger charge is -2.14. The van der Waals surface area contributed by atoms with Gasteiger partial charge in [0, 0.05) is 50.9 Å². The van der Waals surface area contributed by atoms with Crippen molar-refractivity contribution in [1.82, 2.24) is 0 Å². The topological polar surface area (TPSA) is 48.1 Å². The van der Waals surface area contributed by atoms with Crippen LogP contribution >= 0.6 is 0 Å². The van der Waals surface area contributed by atoms with Crippen molar-refractivity contribution in [3.63, 3.8) is 0 Å². The highest BCUT2D eigenvalue weighted by molar-refractivity contribution is 6.27. The van der Waals surface area contributed by atoms with Crippen molar-refractivity contribution in [3.05, 3.63) is 449 Å². The van der Waals surface area contributed by atoms with E-state index in [0.717, 1.165) is 45.5 Å². The van der Waals surface area contributed by atoms with Gasteiger partial charge in [0.15, 0.2) is 0 Å². The molecule has 4 N–H and O–H groups in total. The van der Waals surface area contributed by atoms with Crippen LogP contribution in [0, 0.1) is 0 Å². The maximum absolute atomic E-state index is 3.65. The zero-order chi connectivity index (χ0) is 73.6. The highest BCUT2D eigenvalue weighted by Gasteiger charge is 2.13. The number of nitrogens with one attached hydrogen (secondary N) is 4. The molecule has 0 radical (unpaired) electrons. The Labute approximate surface area is 642 Å². The monoisotopic (exact) mass is 1410 g/mol. The van der Waals surface area contributed by atoms with Gasteiger partial charge in [0.25, 0.3) is 0 Å². The van der Waals surface area contributed by atoms with Gasteiger partial charge >= 0.3 is 0 Å². The fraction of sp³-hybridized carbons (Fsp3) is 0. The zero-order valence-corrected chi connectivity index (χ0v) is 60.7. The average molecular weight is 1410 g/mol. The van der Waals surface area contributed by atoms with Gasteiger partial charge in [-0.2, -0.15) is 0 Å². The smallest absolute Gasteiger partial charge is 0.0463 e. The Morgan fingerprint density at radius 1 is 0.109 bits per heavy atom. The van der Waals surface area contributed by atoms with E-state index in [1.54, 1.807) is 0 Å². The largest absolute Gasteiger partial charge is 0.356 e. The van der Waals surface area contributed by atoms with Crippen molar-refractivity contribution < 1.29 is 0 Å². The van der Waals surface area contributed by atoms with Crippen LogP contribution in [0.15, 0.2) is 449 Å². The van der Waals surface area contributed by atoms with E-state index in [9.17, 15) is 0 Å². The summed E-state index contributed by atoms with van der Waals surface area (Å²) in [7, 11) is 0. The molecule has 4 nitrogen and oxygen atoms in total. The molecule has 0 aliphatic rings. The lowest BCUT2D eigenvalue weighted by atomic mass is 9.94. The highest BCUT2D eigenvalue weighted by atomic mass is 14.9. The molecular weight excluding hydrogens is 1330 g/mol. The van der Waals surface area contributed by atoms with E-state index in [1.165, 1.54) is 131 Å². The minimum atomic E-state index is 1.09. The van der Waals surface area contributed by atoms with Gasteiger partial charge in [0.1, 0.15) is 0 Å². The molecule has 20 aromatic rings. The third-order valence-corrected chi connectivity index (χ3v) is 20.3. The zero-order valence-electron chi connectivity index (χ0n) is 60.7. The standard InChI is InChI=1S/C30H21N.C28H19N.2C24H19N/c1-2-9-21(10-3-1)22-11-8-12-23(19-22)31-24-17-18-29-27-15-5-4-13-25(27)26-14-6-7-16-28(26)30(29)20-24;1-2-10-21-19(8-1)9-7-15-28(21)29-20-16-17-26-24-13-4-3-11-22(24)23-12-5-6-14-25(23)27(26)18-20;1-3-8-19(9-4-1)21-14-16-23(17-15-21)25-24-13-7-12-22(18-24)20-10-5-2-6-11-20;1-3-7-19(8-4-1)21-11-15-23(16-12-21)25-24-17-13-22(14-18-24)20-9-5-2-6-10-20/h1-20,31H;1-18,29H;2*1-18,25H. The van der Waals surface area contributed by atoms with Gasteiger partial charge in [-0.25, -0.2) is 0 Å². The molecule has 0 aromatic heterocycles. The molecule has 0 unspecified atom stereocenters. The first-order chi connectivity index (χ1) is 54.5. The predicted octanol–water partition coefficient (Wildman–Crippen LogP) is 30.1. The molecule has 522 valence electrons. The summed E-state index contributed by atoms with van der Waals surface area (Å²) in [6.45, 7) is 0. The lowest BCUT2D eigenvalue weighted by Crippen LogP contribution is -1.92. The number of hydrogen-bond acceptors (Lipinski definition) is 4. The Kier molecular flexibility index (Phi) is 20.2. The quantitative estimate of drug-likeness (QED) is 0.0869. The van der Waals surface area contributed by atoms with E-state index < -0.39 is 0 Å². The van der Waals surface area contributed by atoms with Crippen LogP contribution in [0.25, 0.3) is 131 Å². The maximum Gasteiger partial charge on any atom is 0.0463 e. The summed E-state index contributed by atoms with van der Waals surface area (Å²) in [6, 6.07) is 158. The molecule has 0 bridgehead atoms. The van der Waals surface area contributed by atoms with Crippen molar-refractivity contribution in [3.8, 4) is 55.6 Å². The minimum absolute atomic E-state index is 1.09. The fourth-order valence-electron chi connectivity index (χ4n) is 14.9. The number of hydrogen-bond donors (Lipinski definition) is 4. The average Bonchev–Trinajstić information content (AvgIpc) is 0.750. The number of benzene rings is 20. The Morgan fingerprint density at radius 2 is 0.327 bits per heavy atom. The van der Waals surface area contributed by atoms with Crippen molar-refractivity contribution in [2.24, 2.45) is 0 Å². The van der Waals surface area contributed by atoms with Crippen LogP contribution < -0.4 is 21.3 Å². The third-order valence-electron chi connectivity index (χ3n) is 20.3. The van der Waals surface area contributed by atoms with Crippen molar-refractivity contribution in [2.45, 2.75) is 0 Å². The van der Waals surface area contributed by atoms with Gasteiger partial charge in [0.2, 0.25) is 0 Å². The van der Waals surface area contributed by atoms with Crippen molar-refractivity contribution >= 4 is 121 Å². The molecule has 0 fully saturated rings. The Balaban J connectivity index is 0.000000107. The summed E-state index contributed by atoms with van der Waals surface area (Å²) in [4.78, 5) is 0. The Morgan fingerprint density at radius 3 is 0.682 bits per heavy atom. The first kappa shape index (κ1) is 68.5. The highest BCUT2D eigenvalue weighted by Crippen LogP contribution is 2.40. The molecule has 110 heavy (non-hydrogen) atoms. The van der Waals surface area contributed by atoms with E-state index in [1.807, 2.05) is 24.3 Å². The van der Waals surface area contributed by atoms with Gasteiger partial charge in [-0.05, 0) is 217 Å². The molecule has 0 saturated heterocycles. The van der Waals surface area contributed by atoms with E-state index >= 15 is 0 Å². The van der Waals surface area contributed by atoms with Gasteiger partial charge < -0.3 is 21.3 Å². The summed E-state index contributed by atoms with van der Waals surface area (Å²) >= 11 is 0. The predicted molar refractivity (Wildman–Crippen MR) is 474 cm³/mol. The fourth-order valence-corrected chi connectivity index (χ4v) is 14.9. The molecule has 20 aromatic carbocycles. The second kappa shape index (κ2) is 32.4. The van der Waals surface area contributed by atoms with Crippen molar-refractivity contribution in [1.29, 1.82) is 0 Å². The molecule has 0 heterocycles. The first-order valence-corrected chi connectivity index (χ1v) is 37.5. The number of anilines is 8. The minimum Gasteiger partial charge on any atom is -0.356 e. The number of rotatable bonds is 13. The molecule has 0 atom stereocenters. The Hall–Kier alpha value is -14.6. The molecule has 4 heteroatoms. The normalized spacial score (nSPS) is 10.9. The molecule has 0 saturated carbocycles. The third kappa shape index (κ3) is 15.6. The SMILES string of the molecule is c1ccc(-c2ccc(Nc3ccc(-c4ccccc4)cc3)cc2)cc1.c1ccc(-c2ccc(Nc3cccc(-c4ccccc4)c3)cc2)cc1.c1ccc(-c2cccc(Nc3ccc4c5ccccc5c5ccccc5c4c3)c2)cc1.c1ccc2c(Nc3ccc4c5ccccc5c5ccccc5c4c3)cccc2c1. The molecule has 0 amide bonds. The van der Waals surface area contributed by atoms with Gasteiger partial charge in [-0.1, -0.05) is 358 Å². The molecule has 20 rings (SSSR count). The summed E-state index contributed by atoms with van der Waals surface area (Å²) < 4.78 is 0. The molecule has 0 aliphatic heterocycles. The van der Waals surface area contributed by atoms with E-state index in [0.29, 0.717) is 0 Å². The lowest BCUT2D eigenvalue weighted by molar-refractivity contribution is 1.53. The van der Waals surface area contributed by atoms with Gasteiger partial charge in [0.05, 0.1) is 0 Å². The first-order valence-electron chi connectivity index (χ1n) is 37.5. The Bertz CT molecular complexity index is 6370. The molecule has 0 spiro atoms. The maximum atomic E-state index is 3.65. The van der Waals surface area contributed by atoms with Crippen LogP contribution in [0.2, 0.25) is 0 Å². The summed E-state index contributed by atoms with van der Waals surface area (Å²) in [6.07, 6.45) is 0. The second-order valence-corrected chi connectivity index (χ2v) is 27.5. The van der Waals surface area contributed by atoms with Crippen LogP contribution in [0.4, 0.5) is 45.5 Å². The second-order valence-electron chi connectivity index (χ2n) is 27.5. The van der Waals surface area contributed by atoms with Crippen molar-refractivity contribution in [2.75, 3.05) is 21.3 Å². The summed E-state index contributed by atoms with van der Waals surface area (Å²) in [5.74, 6) is 0. The van der Waals surface area contributed by atoms with Crippen LogP contribution in [0.1, 0.15) is 0 Å². The van der Waals surface area contributed by atoms with E-state index in [4.69, 9.17) is 0 Å². The van der Waals surface area contributed by atoms with Crippen LogP contribution in [0.3, 0.4) is 0 Å². The van der Waals surface area contributed by atoms with Crippen LogP contribution in [-0.2, 0) is 0 Å². The van der Waals surface area contributed by atoms with Crippen LogP contribution in [0.5, 0.6) is 0 Å². The van der Waals surface area contributed by atoms with E-state index in [-0.39, 0.29) is 0 Å². The van der Waals surface area contributed by atoms with Crippen LogP contribution in [-0.4, -0.2) is 0 Å². The number of fused-ring (bicyclic) bond motifs is 13. The summed E-state index contributed by atoms with van der Waals surface area (Å²) in [5.41, 5.74) is 21.0. The van der Waals surface area contributed by atoms with Gasteiger partial charge in [-0.15, -0.1) is 0 Å².